The first-order chi connectivity index (χ1) is 11.7. The third kappa shape index (κ3) is 5.01. The van der Waals surface area contributed by atoms with Crippen LogP contribution in [0.2, 0.25) is 5.02 Å². The van der Waals surface area contributed by atoms with Gasteiger partial charge in [0.05, 0.1) is 22.2 Å². The molecular formula is C16H15BrClNO5S. The zero-order valence-corrected chi connectivity index (χ0v) is 16.6. The topological polar surface area (TPSA) is 82.6 Å². The number of ether oxygens (including phenoxy) is 1. The minimum absolute atomic E-state index is 0.00413. The van der Waals surface area contributed by atoms with Crippen LogP contribution in [0.1, 0.15) is 28.7 Å². The normalized spacial score (nSPS) is 11.4. The van der Waals surface area contributed by atoms with Crippen molar-refractivity contribution in [2.24, 2.45) is 0 Å². The van der Waals surface area contributed by atoms with Crippen molar-refractivity contribution in [3.05, 3.63) is 56.8 Å². The second-order valence-corrected chi connectivity index (χ2v) is 7.85. The van der Waals surface area contributed by atoms with E-state index in [1.54, 1.807) is 19.1 Å². The van der Waals surface area contributed by atoms with Crippen LogP contribution in [0.15, 0.2) is 39.7 Å². The largest absolute Gasteiger partial charge is 0.461 e. The number of carbonyl (C=O) groups excluding carboxylic acids is 1. The van der Waals surface area contributed by atoms with Gasteiger partial charge in [-0.3, -0.25) is 4.18 Å². The van der Waals surface area contributed by atoms with Crippen LogP contribution in [-0.4, -0.2) is 26.0 Å². The molecule has 1 heterocycles. The SMILES string of the molecule is CCOC(=O)c1cc(Br)c(Cl)c(COS(=O)(=O)c2ccc(C)cc2)n1. The summed E-state index contributed by atoms with van der Waals surface area (Å²) in [6.45, 7) is 3.29. The van der Waals surface area contributed by atoms with Crippen molar-refractivity contribution in [3.63, 3.8) is 0 Å². The van der Waals surface area contributed by atoms with E-state index < -0.39 is 22.7 Å². The molecule has 0 spiro atoms. The average Bonchev–Trinajstić information content (AvgIpc) is 2.56. The van der Waals surface area contributed by atoms with E-state index in [1.807, 2.05) is 6.92 Å². The van der Waals surface area contributed by atoms with Crippen LogP contribution in [0, 0.1) is 6.92 Å². The molecule has 134 valence electrons. The molecule has 0 radical (unpaired) electrons. The van der Waals surface area contributed by atoms with E-state index in [0.29, 0.717) is 4.47 Å². The third-order valence-electron chi connectivity index (χ3n) is 3.13. The first kappa shape index (κ1) is 19.8. The van der Waals surface area contributed by atoms with E-state index >= 15 is 0 Å². The second kappa shape index (κ2) is 8.27. The summed E-state index contributed by atoms with van der Waals surface area (Å²) in [5, 5.41) is 0.159. The number of aryl methyl sites for hydroxylation is 1. The number of esters is 1. The fraction of sp³-hybridized carbons (Fsp3) is 0.250. The lowest BCUT2D eigenvalue weighted by atomic mass is 10.2. The molecule has 1 aromatic heterocycles. The molecule has 0 fully saturated rings. The Morgan fingerprint density at radius 1 is 1.28 bits per heavy atom. The first-order valence-corrected chi connectivity index (χ1v) is 9.80. The predicted octanol–water partition coefficient (Wildman–Crippen LogP) is 3.89. The molecular weight excluding hydrogens is 434 g/mol. The lowest BCUT2D eigenvalue weighted by Gasteiger charge is -2.10. The Labute approximate surface area is 159 Å². The highest BCUT2D eigenvalue weighted by atomic mass is 79.9. The van der Waals surface area contributed by atoms with E-state index in [1.165, 1.54) is 18.2 Å². The van der Waals surface area contributed by atoms with Crippen molar-refractivity contribution >= 4 is 43.6 Å². The Morgan fingerprint density at radius 3 is 2.52 bits per heavy atom. The van der Waals surface area contributed by atoms with Gasteiger partial charge in [0.25, 0.3) is 10.1 Å². The summed E-state index contributed by atoms with van der Waals surface area (Å²) in [6.07, 6.45) is 0. The summed E-state index contributed by atoms with van der Waals surface area (Å²) in [5.74, 6) is -0.637. The fourth-order valence-electron chi connectivity index (χ4n) is 1.86. The molecule has 0 N–H and O–H groups in total. The van der Waals surface area contributed by atoms with Crippen LogP contribution >= 0.6 is 27.5 Å². The number of aromatic nitrogens is 1. The van der Waals surface area contributed by atoms with Gasteiger partial charge in [0.1, 0.15) is 12.3 Å². The summed E-state index contributed by atoms with van der Waals surface area (Å²) < 4.78 is 34.8. The van der Waals surface area contributed by atoms with Gasteiger partial charge in [-0.1, -0.05) is 29.3 Å². The number of nitrogens with zero attached hydrogens (tertiary/aromatic N) is 1. The Bertz CT molecular complexity index is 884. The fourth-order valence-corrected chi connectivity index (χ4v) is 3.33. The van der Waals surface area contributed by atoms with E-state index in [2.05, 4.69) is 20.9 Å². The molecule has 0 saturated carbocycles. The maximum Gasteiger partial charge on any atom is 0.356 e. The molecule has 2 rings (SSSR count). The number of rotatable bonds is 6. The molecule has 1 aromatic carbocycles. The molecule has 0 unspecified atom stereocenters. The minimum atomic E-state index is -3.98. The van der Waals surface area contributed by atoms with Crippen LogP contribution < -0.4 is 0 Å². The molecule has 9 heteroatoms. The van der Waals surface area contributed by atoms with E-state index in [4.69, 9.17) is 20.5 Å². The molecule has 0 bridgehead atoms. The van der Waals surface area contributed by atoms with Gasteiger partial charge >= 0.3 is 5.97 Å². The molecule has 0 aliphatic heterocycles. The number of hydrogen-bond acceptors (Lipinski definition) is 6. The van der Waals surface area contributed by atoms with Gasteiger partial charge in [0.15, 0.2) is 0 Å². The number of carbonyl (C=O) groups is 1. The van der Waals surface area contributed by atoms with Crippen molar-refractivity contribution in [2.75, 3.05) is 6.61 Å². The van der Waals surface area contributed by atoms with Gasteiger partial charge in [-0.05, 0) is 48.0 Å². The third-order valence-corrected chi connectivity index (χ3v) is 5.68. The quantitative estimate of drug-likeness (QED) is 0.492. The van der Waals surface area contributed by atoms with Gasteiger partial charge in [-0.25, -0.2) is 9.78 Å². The molecule has 6 nitrogen and oxygen atoms in total. The van der Waals surface area contributed by atoms with Gasteiger partial charge in [0.2, 0.25) is 0 Å². The van der Waals surface area contributed by atoms with E-state index in [0.717, 1.165) is 5.56 Å². The molecule has 0 aliphatic carbocycles. The predicted molar refractivity (Wildman–Crippen MR) is 96.1 cm³/mol. The number of pyridine rings is 1. The lowest BCUT2D eigenvalue weighted by molar-refractivity contribution is 0.0519. The van der Waals surface area contributed by atoms with Crippen molar-refractivity contribution in [2.45, 2.75) is 25.3 Å². The minimum Gasteiger partial charge on any atom is -0.461 e. The molecule has 0 amide bonds. The molecule has 0 saturated heterocycles. The summed E-state index contributed by atoms with van der Waals surface area (Å²) >= 11 is 9.31. The van der Waals surface area contributed by atoms with Gasteiger partial charge in [0, 0.05) is 4.47 Å². The van der Waals surface area contributed by atoms with Gasteiger partial charge in [-0.15, -0.1) is 0 Å². The summed E-state index contributed by atoms with van der Waals surface area (Å²) in [6, 6.07) is 7.63. The molecule has 0 atom stereocenters. The Hall–Kier alpha value is -1.48. The maximum absolute atomic E-state index is 12.2. The summed E-state index contributed by atoms with van der Waals surface area (Å²) in [5.41, 5.74) is 1.04. The van der Waals surface area contributed by atoms with Crippen molar-refractivity contribution < 1.29 is 22.1 Å². The molecule has 0 aliphatic rings. The zero-order valence-electron chi connectivity index (χ0n) is 13.5. The van der Waals surface area contributed by atoms with Gasteiger partial charge < -0.3 is 4.74 Å². The van der Waals surface area contributed by atoms with Gasteiger partial charge in [-0.2, -0.15) is 8.42 Å². The van der Waals surface area contributed by atoms with Crippen LogP contribution in [0.4, 0.5) is 0 Å². The lowest BCUT2D eigenvalue weighted by Crippen LogP contribution is -2.12. The Kier molecular flexibility index (Phi) is 6.56. The zero-order chi connectivity index (χ0) is 18.6. The van der Waals surface area contributed by atoms with Crippen molar-refractivity contribution in [1.82, 2.24) is 4.98 Å². The smallest absolute Gasteiger partial charge is 0.356 e. The van der Waals surface area contributed by atoms with E-state index in [-0.39, 0.29) is 27.9 Å². The monoisotopic (exact) mass is 447 g/mol. The summed E-state index contributed by atoms with van der Waals surface area (Å²) in [4.78, 5) is 15.9. The Morgan fingerprint density at radius 2 is 1.92 bits per heavy atom. The van der Waals surface area contributed by atoms with Crippen LogP contribution in [-0.2, 0) is 25.6 Å². The molecule has 25 heavy (non-hydrogen) atoms. The first-order valence-electron chi connectivity index (χ1n) is 7.22. The average molecular weight is 449 g/mol. The van der Waals surface area contributed by atoms with Crippen LogP contribution in [0.5, 0.6) is 0 Å². The van der Waals surface area contributed by atoms with Crippen LogP contribution in [0.3, 0.4) is 0 Å². The Balaban J connectivity index is 2.24. The maximum atomic E-state index is 12.2. The van der Waals surface area contributed by atoms with Crippen molar-refractivity contribution in [1.29, 1.82) is 0 Å². The number of hydrogen-bond donors (Lipinski definition) is 0. The highest BCUT2D eigenvalue weighted by molar-refractivity contribution is 9.10. The highest BCUT2D eigenvalue weighted by Crippen LogP contribution is 2.27. The number of benzene rings is 1. The number of halogens is 2. The standard InChI is InChI=1S/C16H15BrClNO5S/c1-3-23-16(20)13-8-12(17)15(18)14(19-13)9-24-25(21,22)11-6-4-10(2)5-7-11/h4-8H,3,9H2,1-2H3. The van der Waals surface area contributed by atoms with E-state index in [9.17, 15) is 13.2 Å². The highest BCUT2D eigenvalue weighted by Gasteiger charge is 2.19. The summed E-state index contributed by atoms with van der Waals surface area (Å²) in [7, 11) is -3.98. The van der Waals surface area contributed by atoms with Crippen molar-refractivity contribution in [3.8, 4) is 0 Å². The van der Waals surface area contributed by atoms with Crippen LogP contribution in [0.25, 0.3) is 0 Å². The molecule has 2 aromatic rings. The second-order valence-electron chi connectivity index (χ2n) is 5.00.